The number of imidazole rings is 1. The van der Waals surface area contributed by atoms with Crippen molar-refractivity contribution in [2.45, 2.75) is 13.1 Å². The van der Waals surface area contributed by atoms with Crippen LogP contribution in [0.25, 0.3) is 5.69 Å². The highest BCUT2D eigenvalue weighted by Gasteiger charge is 2.21. The number of benzene rings is 3. The number of aromatic nitrogens is 2. The summed E-state index contributed by atoms with van der Waals surface area (Å²) in [6.07, 6.45) is 5.24. The number of amides is 1. The Hall–Kier alpha value is -4.06. The SMILES string of the molecule is O=C(c1ccccc1-n1ccnc1)N(Cc1ccccc1)Cc1ccc2c(c1)OCO2. The fourth-order valence-electron chi connectivity index (χ4n) is 3.71. The van der Waals surface area contributed by atoms with E-state index in [0.29, 0.717) is 24.4 Å². The zero-order chi connectivity index (χ0) is 21.0. The fraction of sp³-hybridized carbons (Fsp3) is 0.120. The third-order valence-electron chi connectivity index (χ3n) is 5.23. The molecule has 0 bridgehead atoms. The van der Waals surface area contributed by atoms with Crippen LogP contribution in [-0.2, 0) is 13.1 Å². The lowest BCUT2D eigenvalue weighted by Crippen LogP contribution is -2.31. The van der Waals surface area contributed by atoms with E-state index in [2.05, 4.69) is 4.98 Å². The Labute approximate surface area is 180 Å². The molecule has 6 heteroatoms. The number of nitrogens with zero attached hydrogens (tertiary/aromatic N) is 3. The van der Waals surface area contributed by atoms with Crippen molar-refractivity contribution in [2.75, 3.05) is 6.79 Å². The van der Waals surface area contributed by atoms with Gasteiger partial charge in [0.1, 0.15) is 0 Å². The van der Waals surface area contributed by atoms with Crippen LogP contribution >= 0.6 is 0 Å². The number of ether oxygens (including phenoxy) is 2. The van der Waals surface area contributed by atoms with Crippen molar-refractivity contribution < 1.29 is 14.3 Å². The van der Waals surface area contributed by atoms with Gasteiger partial charge in [0.2, 0.25) is 6.79 Å². The first-order valence-electron chi connectivity index (χ1n) is 10.1. The quantitative estimate of drug-likeness (QED) is 0.471. The van der Waals surface area contributed by atoms with Gasteiger partial charge >= 0.3 is 0 Å². The molecule has 1 amide bonds. The summed E-state index contributed by atoms with van der Waals surface area (Å²) >= 11 is 0. The minimum Gasteiger partial charge on any atom is -0.454 e. The Balaban J connectivity index is 1.49. The summed E-state index contributed by atoms with van der Waals surface area (Å²) in [7, 11) is 0. The molecule has 154 valence electrons. The summed E-state index contributed by atoms with van der Waals surface area (Å²) in [6.45, 7) is 1.17. The topological polar surface area (TPSA) is 56.6 Å². The molecule has 0 aliphatic carbocycles. The van der Waals surface area contributed by atoms with Gasteiger partial charge in [-0.05, 0) is 35.4 Å². The molecule has 0 atom stereocenters. The number of carbonyl (C=O) groups excluding carboxylic acids is 1. The number of rotatable bonds is 6. The molecule has 0 radical (unpaired) electrons. The number of fused-ring (bicyclic) bond motifs is 1. The number of carbonyl (C=O) groups is 1. The van der Waals surface area contributed by atoms with Gasteiger partial charge in [0.05, 0.1) is 17.6 Å². The second-order valence-corrected chi connectivity index (χ2v) is 7.32. The highest BCUT2D eigenvalue weighted by Crippen LogP contribution is 2.33. The smallest absolute Gasteiger partial charge is 0.256 e. The average molecular weight is 411 g/mol. The maximum atomic E-state index is 13.7. The first kappa shape index (κ1) is 18.9. The molecule has 1 aliphatic heterocycles. The van der Waals surface area contributed by atoms with Crippen LogP contribution in [0.5, 0.6) is 11.5 Å². The molecule has 0 unspecified atom stereocenters. The lowest BCUT2D eigenvalue weighted by atomic mass is 10.1. The lowest BCUT2D eigenvalue weighted by molar-refractivity contribution is 0.0730. The average Bonchev–Trinajstić information content (AvgIpc) is 3.51. The molecule has 5 rings (SSSR count). The Morgan fingerprint density at radius 3 is 2.52 bits per heavy atom. The van der Waals surface area contributed by atoms with E-state index in [1.165, 1.54) is 0 Å². The molecule has 0 spiro atoms. The summed E-state index contributed by atoms with van der Waals surface area (Å²) in [4.78, 5) is 19.7. The van der Waals surface area contributed by atoms with Crippen LogP contribution in [0.2, 0.25) is 0 Å². The molecular formula is C25H21N3O3. The van der Waals surface area contributed by atoms with Crippen LogP contribution in [0, 0.1) is 0 Å². The van der Waals surface area contributed by atoms with Crippen molar-refractivity contribution in [2.24, 2.45) is 0 Å². The van der Waals surface area contributed by atoms with Gasteiger partial charge in [0.25, 0.3) is 5.91 Å². The normalized spacial score (nSPS) is 12.0. The van der Waals surface area contributed by atoms with Gasteiger partial charge in [0.15, 0.2) is 11.5 Å². The molecule has 1 aromatic heterocycles. The van der Waals surface area contributed by atoms with Gasteiger partial charge in [-0.25, -0.2) is 4.98 Å². The minimum atomic E-state index is -0.0502. The first-order chi connectivity index (χ1) is 15.3. The third-order valence-corrected chi connectivity index (χ3v) is 5.23. The number of hydrogen-bond acceptors (Lipinski definition) is 4. The molecule has 0 saturated carbocycles. The summed E-state index contributed by atoms with van der Waals surface area (Å²) < 4.78 is 12.8. The molecule has 1 aliphatic rings. The van der Waals surface area contributed by atoms with Gasteiger partial charge < -0.3 is 18.9 Å². The second kappa shape index (κ2) is 8.36. The van der Waals surface area contributed by atoms with Gasteiger partial charge in [-0.2, -0.15) is 0 Å². The van der Waals surface area contributed by atoms with E-state index < -0.39 is 0 Å². The van der Waals surface area contributed by atoms with Gasteiger partial charge in [-0.3, -0.25) is 4.79 Å². The first-order valence-corrected chi connectivity index (χ1v) is 10.1. The monoisotopic (exact) mass is 411 g/mol. The van der Waals surface area contributed by atoms with Crippen molar-refractivity contribution in [3.05, 3.63) is 108 Å². The molecular weight excluding hydrogens is 390 g/mol. The minimum absolute atomic E-state index is 0.0502. The predicted molar refractivity (Wildman–Crippen MR) is 116 cm³/mol. The van der Waals surface area contributed by atoms with Crippen LogP contribution in [0.15, 0.2) is 91.5 Å². The van der Waals surface area contributed by atoms with Gasteiger partial charge in [-0.1, -0.05) is 48.5 Å². The summed E-state index contributed by atoms with van der Waals surface area (Å²) in [5, 5.41) is 0. The maximum absolute atomic E-state index is 13.7. The molecule has 4 aromatic rings. The number of para-hydroxylation sites is 1. The number of hydrogen-bond donors (Lipinski definition) is 0. The van der Waals surface area contributed by atoms with Crippen molar-refractivity contribution in [1.29, 1.82) is 0 Å². The van der Waals surface area contributed by atoms with E-state index >= 15 is 0 Å². The third kappa shape index (κ3) is 4.00. The van der Waals surface area contributed by atoms with E-state index in [9.17, 15) is 4.79 Å². The standard InChI is InChI=1S/C25H21N3O3/c29-25(21-8-4-5-9-22(21)27-13-12-26-17-27)28(15-19-6-2-1-3-7-19)16-20-10-11-23-24(14-20)31-18-30-23/h1-14,17H,15-16,18H2. The maximum Gasteiger partial charge on any atom is 0.256 e. The second-order valence-electron chi connectivity index (χ2n) is 7.32. The molecule has 0 fully saturated rings. The highest BCUT2D eigenvalue weighted by molar-refractivity contribution is 5.97. The van der Waals surface area contributed by atoms with E-state index in [-0.39, 0.29) is 12.7 Å². The Morgan fingerprint density at radius 1 is 0.903 bits per heavy atom. The van der Waals surface area contributed by atoms with Crippen LogP contribution in [-0.4, -0.2) is 27.2 Å². The molecule has 0 N–H and O–H groups in total. The zero-order valence-corrected chi connectivity index (χ0v) is 16.8. The lowest BCUT2D eigenvalue weighted by Gasteiger charge is -2.24. The fourth-order valence-corrected chi connectivity index (χ4v) is 3.71. The molecule has 0 saturated heterocycles. The van der Waals surface area contributed by atoms with Gasteiger partial charge in [-0.15, -0.1) is 0 Å². The van der Waals surface area contributed by atoms with Crippen LogP contribution < -0.4 is 9.47 Å². The van der Waals surface area contributed by atoms with Crippen molar-refractivity contribution in [3.63, 3.8) is 0 Å². The van der Waals surface area contributed by atoms with Crippen molar-refractivity contribution >= 4 is 5.91 Å². The van der Waals surface area contributed by atoms with Crippen LogP contribution in [0.1, 0.15) is 21.5 Å². The van der Waals surface area contributed by atoms with Gasteiger partial charge in [0, 0.05) is 25.5 Å². The summed E-state index contributed by atoms with van der Waals surface area (Å²) in [6, 6.07) is 23.4. The zero-order valence-electron chi connectivity index (χ0n) is 16.8. The largest absolute Gasteiger partial charge is 0.454 e. The van der Waals surface area contributed by atoms with Crippen molar-refractivity contribution in [3.8, 4) is 17.2 Å². The Bertz CT molecular complexity index is 1190. The van der Waals surface area contributed by atoms with Crippen molar-refractivity contribution in [1.82, 2.24) is 14.5 Å². The van der Waals surface area contributed by atoms with Crippen LogP contribution in [0.3, 0.4) is 0 Å². The highest BCUT2D eigenvalue weighted by atomic mass is 16.7. The van der Waals surface area contributed by atoms with Crippen LogP contribution in [0.4, 0.5) is 0 Å². The molecule has 2 heterocycles. The van der Waals surface area contributed by atoms with E-state index in [1.54, 1.807) is 12.5 Å². The summed E-state index contributed by atoms with van der Waals surface area (Å²) in [5.41, 5.74) is 3.47. The summed E-state index contributed by atoms with van der Waals surface area (Å²) in [5.74, 6) is 1.39. The Morgan fingerprint density at radius 2 is 1.68 bits per heavy atom. The molecule has 31 heavy (non-hydrogen) atoms. The van der Waals surface area contributed by atoms with E-state index in [0.717, 1.165) is 22.6 Å². The molecule has 3 aromatic carbocycles. The molecule has 6 nitrogen and oxygen atoms in total. The van der Waals surface area contributed by atoms with E-state index in [4.69, 9.17) is 9.47 Å². The Kier molecular flexibility index (Phi) is 5.10. The van der Waals surface area contributed by atoms with E-state index in [1.807, 2.05) is 88.5 Å². The predicted octanol–water partition coefficient (Wildman–Crippen LogP) is 4.44.